The Morgan fingerprint density at radius 1 is 0.905 bits per heavy atom. The summed E-state index contributed by atoms with van der Waals surface area (Å²) in [7, 11) is 0. The van der Waals surface area contributed by atoms with Gasteiger partial charge in [0.1, 0.15) is 0 Å². The van der Waals surface area contributed by atoms with E-state index in [1.807, 2.05) is 0 Å². The summed E-state index contributed by atoms with van der Waals surface area (Å²) in [4.78, 5) is 16.7. The third-order valence-corrected chi connectivity index (χ3v) is 5.35. The fourth-order valence-corrected chi connectivity index (χ4v) is 3.97. The summed E-state index contributed by atoms with van der Waals surface area (Å²) in [5.74, 6) is 2.18. The molecule has 0 radical (unpaired) electrons. The largest absolute Gasteiger partial charge is 0.343 e. The summed E-state index contributed by atoms with van der Waals surface area (Å²) < 4.78 is 0. The van der Waals surface area contributed by atoms with Crippen LogP contribution in [0.15, 0.2) is 0 Å². The van der Waals surface area contributed by atoms with Crippen molar-refractivity contribution in [2.24, 2.45) is 11.8 Å². The highest BCUT2D eigenvalue weighted by atomic mass is 16.2. The first kappa shape index (κ1) is 16.8. The second-order valence-corrected chi connectivity index (χ2v) is 7.11. The topological polar surface area (TPSA) is 23.6 Å². The van der Waals surface area contributed by atoms with Crippen molar-refractivity contribution in [1.29, 1.82) is 0 Å². The second kappa shape index (κ2) is 8.77. The number of amides is 1. The highest BCUT2D eigenvalue weighted by Gasteiger charge is 2.25. The maximum atomic E-state index is 11.9. The van der Waals surface area contributed by atoms with Crippen LogP contribution < -0.4 is 0 Å². The number of carbonyl (C=O) groups is 1. The van der Waals surface area contributed by atoms with Gasteiger partial charge in [0, 0.05) is 26.1 Å². The van der Waals surface area contributed by atoms with Crippen LogP contribution in [0.5, 0.6) is 0 Å². The molecule has 0 bridgehead atoms. The van der Waals surface area contributed by atoms with E-state index in [1.165, 1.54) is 58.2 Å². The fourth-order valence-electron chi connectivity index (χ4n) is 3.97. The standard InChI is InChI=1S/C18H34N2O/c1-3-5-16-7-11-19(12-8-16)15-17-9-13-20(14-10-17)18(21)6-4-2/h16-17H,3-15H2,1-2H3. The van der Waals surface area contributed by atoms with E-state index in [9.17, 15) is 4.79 Å². The molecule has 0 aromatic rings. The Kier molecular flexibility index (Phi) is 7.01. The molecule has 3 nitrogen and oxygen atoms in total. The van der Waals surface area contributed by atoms with E-state index in [4.69, 9.17) is 0 Å². The fraction of sp³-hybridized carbons (Fsp3) is 0.944. The molecular formula is C18H34N2O. The molecule has 2 fully saturated rings. The van der Waals surface area contributed by atoms with Crippen LogP contribution in [0.25, 0.3) is 0 Å². The van der Waals surface area contributed by atoms with E-state index < -0.39 is 0 Å². The van der Waals surface area contributed by atoms with Gasteiger partial charge in [-0.05, 0) is 57.0 Å². The van der Waals surface area contributed by atoms with Crippen LogP contribution in [0.1, 0.15) is 65.2 Å². The Hall–Kier alpha value is -0.570. The summed E-state index contributed by atoms with van der Waals surface area (Å²) in [5.41, 5.74) is 0. The molecule has 122 valence electrons. The van der Waals surface area contributed by atoms with Crippen LogP contribution in [0, 0.1) is 11.8 Å². The van der Waals surface area contributed by atoms with Gasteiger partial charge >= 0.3 is 0 Å². The van der Waals surface area contributed by atoms with E-state index in [0.29, 0.717) is 5.91 Å². The zero-order valence-electron chi connectivity index (χ0n) is 14.1. The Morgan fingerprint density at radius 2 is 1.52 bits per heavy atom. The Balaban J connectivity index is 1.64. The first-order valence-corrected chi connectivity index (χ1v) is 9.23. The predicted molar refractivity (Wildman–Crippen MR) is 88.3 cm³/mol. The number of rotatable bonds is 6. The van der Waals surface area contributed by atoms with Crippen molar-refractivity contribution in [1.82, 2.24) is 9.80 Å². The monoisotopic (exact) mass is 294 g/mol. The Bertz CT molecular complexity index is 302. The van der Waals surface area contributed by atoms with Gasteiger partial charge in [0.2, 0.25) is 5.91 Å². The summed E-state index contributed by atoms with van der Waals surface area (Å²) in [6.45, 7) is 10.3. The number of likely N-dealkylation sites (tertiary alicyclic amines) is 2. The molecule has 21 heavy (non-hydrogen) atoms. The third-order valence-electron chi connectivity index (χ3n) is 5.35. The normalized spacial score (nSPS) is 22.7. The maximum absolute atomic E-state index is 11.9. The van der Waals surface area contributed by atoms with Gasteiger partial charge in [-0.3, -0.25) is 4.79 Å². The SMILES string of the molecule is CCCC(=O)N1CCC(CN2CCC(CCC)CC2)CC1. The number of nitrogens with zero attached hydrogens (tertiary/aromatic N) is 2. The lowest BCUT2D eigenvalue weighted by molar-refractivity contribution is -0.132. The van der Waals surface area contributed by atoms with E-state index >= 15 is 0 Å². The maximum Gasteiger partial charge on any atom is 0.222 e. The van der Waals surface area contributed by atoms with Crippen LogP contribution in [0.3, 0.4) is 0 Å². The van der Waals surface area contributed by atoms with E-state index in [2.05, 4.69) is 23.6 Å². The molecule has 1 amide bonds. The highest BCUT2D eigenvalue weighted by molar-refractivity contribution is 5.76. The van der Waals surface area contributed by atoms with Gasteiger partial charge in [-0.1, -0.05) is 26.7 Å². The summed E-state index contributed by atoms with van der Waals surface area (Å²) in [6.07, 6.45) is 9.71. The molecule has 3 heteroatoms. The predicted octanol–water partition coefficient (Wildman–Crippen LogP) is 3.54. The lowest BCUT2D eigenvalue weighted by Crippen LogP contribution is -2.43. The highest BCUT2D eigenvalue weighted by Crippen LogP contribution is 2.25. The van der Waals surface area contributed by atoms with Crippen LogP contribution in [0.4, 0.5) is 0 Å². The minimum atomic E-state index is 0.372. The minimum absolute atomic E-state index is 0.372. The molecular weight excluding hydrogens is 260 g/mol. The number of hydrogen-bond donors (Lipinski definition) is 0. The lowest BCUT2D eigenvalue weighted by atomic mass is 9.90. The van der Waals surface area contributed by atoms with Crippen molar-refractivity contribution in [2.75, 3.05) is 32.7 Å². The number of hydrogen-bond acceptors (Lipinski definition) is 2. The molecule has 2 heterocycles. The molecule has 0 aliphatic carbocycles. The van der Waals surface area contributed by atoms with Gasteiger partial charge in [0.05, 0.1) is 0 Å². The summed E-state index contributed by atoms with van der Waals surface area (Å²) in [6, 6.07) is 0. The van der Waals surface area contributed by atoms with Crippen LogP contribution in [-0.4, -0.2) is 48.4 Å². The van der Waals surface area contributed by atoms with E-state index in [-0.39, 0.29) is 0 Å². The van der Waals surface area contributed by atoms with E-state index in [1.54, 1.807) is 0 Å². The molecule has 2 aliphatic heterocycles. The molecule has 0 spiro atoms. The van der Waals surface area contributed by atoms with Crippen molar-refractivity contribution in [3.05, 3.63) is 0 Å². The average Bonchev–Trinajstić information content (AvgIpc) is 2.50. The van der Waals surface area contributed by atoms with Gasteiger partial charge in [-0.15, -0.1) is 0 Å². The van der Waals surface area contributed by atoms with Gasteiger partial charge in [0.15, 0.2) is 0 Å². The molecule has 2 saturated heterocycles. The van der Waals surface area contributed by atoms with Crippen molar-refractivity contribution >= 4 is 5.91 Å². The molecule has 0 unspecified atom stereocenters. The molecule has 0 saturated carbocycles. The first-order chi connectivity index (χ1) is 10.2. The van der Waals surface area contributed by atoms with E-state index in [0.717, 1.165) is 37.8 Å². The van der Waals surface area contributed by atoms with Gasteiger partial charge in [-0.25, -0.2) is 0 Å². The zero-order valence-corrected chi connectivity index (χ0v) is 14.1. The third kappa shape index (κ3) is 5.28. The Morgan fingerprint density at radius 3 is 2.10 bits per heavy atom. The van der Waals surface area contributed by atoms with Gasteiger partial charge in [-0.2, -0.15) is 0 Å². The molecule has 0 N–H and O–H groups in total. The Labute approximate surface area is 131 Å². The van der Waals surface area contributed by atoms with Crippen LogP contribution >= 0.6 is 0 Å². The van der Waals surface area contributed by atoms with Crippen LogP contribution in [-0.2, 0) is 4.79 Å². The van der Waals surface area contributed by atoms with Crippen molar-refractivity contribution in [3.8, 4) is 0 Å². The second-order valence-electron chi connectivity index (χ2n) is 7.11. The molecule has 2 rings (SSSR count). The van der Waals surface area contributed by atoms with Crippen molar-refractivity contribution in [2.45, 2.75) is 65.2 Å². The summed E-state index contributed by atoms with van der Waals surface area (Å²) in [5, 5.41) is 0. The molecule has 0 atom stereocenters. The number of carbonyl (C=O) groups excluding carboxylic acids is 1. The average molecular weight is 294 g/mol. The molecule has 0 aromatic heterocycles. The quantitative estimate of drug-likeness (QED) is 0.748. The minimum Gasteiger partial charge on any atom is -0.343 e. The number of piperidine rings is 2. The van der Waals surface area contributed by atoms with Crippen molar-refractivity contribution < 1.29 is 4.79 Å². The first-order valence-electron chi connectivity index (χ1n) is 9.23. The smallest absolute Gasteiger partial charge is 0.222 e. The van der Waals surface area contributed by atoms with Gasteiger partial charge < -0.3 is 9.80 Å². The van der Waals surface area contributed by atoms with Crippen molar-refractivity contribution in [3.63, 3.8) is 0 Å². The van der Waals surface area contributed by atoms with Crippen LogP contribution in [0.2, 0.25) is 0 Å². The summed E-state index contributed by atoms with van der Waals surface area (Å²) >= 11 is 0. The lowest BCUT2D eigenvalue weighted by Gasteiger charge is -2.37. The zero-order chi connectivity index (χ0) is 15.1. The molecule has 2 aliphatic rings. The molecule has 0 aromatic carbocycles. The van der Waals surface area contributed by atoms with Gasteiger partial charge in [0.25, 0.3) is 0 Å².